The van der Waals surface area contributed by atoms with Gasteiger partial charge in [0.05, 0.1) is 5.60 Å². The van der Waals surface area contributed by atoms with Gasteiger partial charge in [-0.3, -0.25) is 4.79 Å². The van der Waals surface area contributed by atoms with Gasteiger partial charge in [0, 0.05) is 25.7 Å². The van der Waals surface area contributed by atoms with Gasteiger partial charge >= 0.3 is 0 Å². The zero-order valence-corrected chi connectivity index (χ0v) is 9.96. The number of hydrogen-bond donors (Lipinski definition) is 0. The summed E-state index contributed by atoms with van der Waals surface area (Å²) in [6, 6.07) is 0. The largest absolute Gasteiger partial charge is 0.381 e. The summed E-state index contributed by atoms with van der Waals surface area (Å²) in [6.07, 6.45) is 3.54. The van der Waals surface area contributed by atoms with Gasteiger partial charge in [0.15, 0.2) is 5.78 Å². The van der Waals surface area contributed by atoms with Gasteiger partial charge < -0.3 is 9.47 Å². The Bertz CT molecular complexity index is 284. The smallest absolute Gasteiger partial charge is 0.161 e. The van der Waals surface area contributed by atoms with E-state index in [2.05, 4.69) is 6.58 Å². The summed E-state index contributed by atoms with van der Waals surface area (Å²) in [5.74, 6) is 0.332. The summed E-state index contributed by atoms with van der Waals surface area (Å²) >= 11 is 0. The molecule has 1 unspecified atom stereocenters. The molecular formula is C13H20O3. The van der Waals surface area contributed by atoms with Gasteiger partial charge in [-0.15, -0.1) is 0 Å². The standard InChI is InChI=1S/C13H20O3/c1-10(2)12(14)11-3-6-16-13(9-11)4-7-15-8-5-13/h11H,1,3-9H2,2H3. The molecule has 0 saturated carbocycles. The molecule has 2 fully saturated rings. The Morgan fingerprint density at radius 1 is 1.31 bits per heavy atom. The number of ether oxygens (including phenoxy) is 2. The molecule has 16 heavy (non-hydrogen) atoms. The molecule has 2 rings (SSSR count). The van der Waals surface area contributed by atoms with Gasteiger partial charge in [0.25, 0.3) is 0 Å². The van der Waals surface area contributed by atoms with E-state index in [1.54, 1.807) is 6.92 Å². The van der Waals surface area contributed by atoms with Crippen LogP contribution >= 0.6 is 0 Å². The first kappa shape index (κ1) is 11.8. The first-order valence-electron chi connectivity index (χ1n) is 6.04. The lowest BCUT2D eigenvalue weighted by Gasteiger charge is -2.42. The van der Waals surface area contributed by atoms with E-state index in [0.717, 1.165) is 38.9 Å². The molecule has 0 radical (unpaired) electrons. The maximum atomic E-state index is 11.9. The van der Waals surface area contributed by atoms with E-state index in [1.165, 1.54) is 0 Å². The van der Waals surface area contributed by atoms with Crippen LogP contribution in [0.5, 0.6) is 0 Å². The fourth-order valence-corrected chi connectivity index (χ4v) is 2.69. The van der Waals surface area contributed by atoms with E-state index in [4.69, 9.17) is 9.47 Å². The van der Waals surface area contributed by atoms with Crippen molar-refractivity contribution in [1.82, 2.24) is 0 Å². The number of carbonyl (C=O) groups excluding carboxylic acids is 1. The summed E-state index contributed by atoms with van der Waals surface area (Å²) in [4.78, 5) is 11.9. The van der Waals surface area contributed by atoms with Gasteiger partial charge in [0.1, 0.15) is 0 Å². The van der Waals surface area contributed by atoms with E-state index < -0.39 is 0 Å². The maximum absolute atomic E-state index is 11.9. The Morgan fingerprint density at radius 3 is 2.62 bits per heavy atom. The average Bonchev–Trinajstić information content (AvgIpc) is 2.29. The summed E-state index contributed by atoms with van der Waals surface area (Å²) in [6.45, 7) is 7.76. The van der Waals surface area contributed by atoms with Crippen molar-refractivity contribution in [2.75, 3.05) is 19.8 Å². The summed E-state index contributed by atoms with van der Waals surface area (Å²) in [5, 5.41) is 0. The second-order valence-corrected chi connectivity index (χ2v) is 4.98. The topological polar surface area (TPSA) is 35.5 Å². The fourth-order valence-electron chi connectivity index (χ4n) is 2.69. The van der Waals surface area contributed by atoms with Crippen molar-refractivity contribution in [3.63, 3.8) is 0 Å². The van der Waals surface area contributed by atoms with Crippen LogP contribution in [0.2, 0.25) is 0 Å². The first-order valence-corrected chi connectivity index (χ1v) is 6.04. The van der Waals surface area contributed by atoms with Crippen LogP contribution < -0.4 is 0 Å². The van der Waals surface area contributed by atoms with Crippen molar-refractivity contribution in [2.24, 2.45) is 5.92 Å². The molecule has 0 bridgehead atoms. The molecule has 0 aromatic rings. The number of rotatable bonds is 2. The molecule has 0 aromatic heterocycles. The lowest BCUT2D eigenvalue weighted by Crippen LogP contribution is -2.46. The van der Waals surface area contributed by atoms with Crippen molar-refractivity contribution in [3.05, 3.63) is 12.2 Å². The minimum atomic E-state index is -0.0910. The van der Waals surface area contributed by atoms with Crippen LogP contribution in [0.15, 0.2) is 12.2 Å². The van der Waals surface area contributed by atoms with Crippen molar-refractivity contribution in [1.29, 1.82) is 0 Å². The summed E-state index contributed by atoms with van der Waals surface area (Å²) < 4.78 is 11.3. The van der Waals surface area contributed by atoms with Crippen molar-refractivity contribution >= 4 is 5.78 Å². The Hall–Kier alpha value is -0.670. The fraction of sp³-hybridized carbons (Fsp3) is 0.769. The quantitative estimate of drug-likeness (QED) is 0.674. The molecule has 2 aliphatic rings. The molecule has 1 atom stereocenters. The highest BCUT2D eigenvalue weighted by Crippen LogP contribution is 2.37. The predicted molar refractivity (Wildman–Crippen MR) is 61.3 cm³/mol. The third-order valence-electron chi connectivity index (χ3n) is 3.69. The Balaban J connectivity index is 2.03. The van der Waals surface area contributed by atoms with Crippen LogP contribution in [0, 0.1) is 5.92 Å². The van der Waals surface area contributed by atoms with Crippen LogP contribution in [0.25, 0.3) is 0 Å². The van der Waals surface area contributed by atoms with E-state index in [0.29, 0.717) is 12.2 Å². The number of ketones is 1. The molecule has 3 nitrogen and oxygen atoms in total. The molecule has 0 N–H and O–H groups in total. The molecule has 2 saturated heterocycles. The van der Waals surface area contributed by atoms with Gasteiger partial charge in [-0.05, 0) is 38.2 Å². The monoisotopic (exact) mass is 224 g/mol. The van der Waals surface area contributed by atoms with E-state index in [-0.39, 0.29) is 17.3 Å². The van der Waals surface area contributed by atoms with Crippen molar-refractivity contribution in [2.45, 2.75) is 38.2 Å². The molecule has 2 heterocycles. The SMILES string of the molecule is C=C(C)C(=O)C1CCOC2(CCOCC2)C1. The summed E-state index contributed by atoms with van der Waals surface area (Å²) in [7, 11) is 0. The lowest BCUT2D eigenvalue weighted by atomic mass is 9.78. The maximum Gasteiger partial charge on any atom is 0.161 e. The van der Waals surface area contributed by atoms with Gasteiger partial charge in [-0.1, -0.05) is 6.58 Å². The second kappa shape index (κ2) is 4.68. The van der Waals surface area contributed by atoms with Crippen LogP contribution in [0.3, 0.4) is 0 Å². The van der Waals surface area contributed by atoms with E-state index >= 15 is 0 Å². The third kappa shape index (κ3) is 2.36. The van der Waals surface area contributed by atoms with Crippen LogP contribution in [-0.2, 0) is 14.3 Å². The zero-order valence-electron chi connectivity index (χ0n) is 9.96. The van der Waals surface area contributed by atoms with Crippen LogP contribution in [0.4, 0.5) is 0 Å². The first-order chi connectivity index (χ1) is 7.63. The Labute approximate surface area is 96.8 Å². The second-order valence-electron chi connectivity index (χ2n) is 4.98. The lowest BCUT2D eigenvalue weighted by molar-refractivity contribution is -0.155. The minimum absolute atomic E-state index is 0.0910. The third-order valence-corrected chi connectivity index (χ3v) is 3.69. The van der Waals surface area contributed by atoms with Crippen LogP contribution in [0.1, 0.15) is 32.6 Å². The molecule has 90 valence electrons. The zero-order chi connectivity index (χ0) is 11.6. The van der Waals surface area contributed by atoms with Crippen molar-refractivity contribution in [3.8, 4) is 0 Å². The number of allylic oxidation sites excluding steroid dienone is 1. The van der Waals surface area contributed by atoms with E-state index in [1.807, 2.05) is 0 Å². The highest BCUT2D eigenvalue weighted by molar-refractivity contribution is 5.96. The Morgan fingerprint density at radius 2 is 2.00 bits per heavy atom. The Kier molecular flexibility index (Phi) is 3.45. The average molecular weight is 224 g/mol. The normalized spacial score (nSPS) is 28.9. The summed E-state index contributed by atoms with van der Waals surface area (Å²) in [5.41, 5.74) is 0.584. The van der Waals surface area contributed by atoms with Gasteiger partial charge in [-0.25, -0.2) is 0 Å². The molecule has 0 aliphatic carbocycles. The predicted octanol–water partition coefficient (Wildman–Crippen LogP) is 2.11. The highest BCUT2D eigenvalue weighted by atomic mass is 16.5. The van der Waals surface area contributed by atoms with Gasteiger partial charge in [0.2, 0.25) is 0 Å². The molecule has 3 heteroatoms. The molecule has 1 spiro atoms. The van der Waals surface area contributed by atoms with Crippen LogP contribution in [-0.4, -0.2) is 31.2 Å². The van der Waals surface area contributed by atoms with Gasteiger partial charge in [-0.2, -0.15) is 0 Å². The molecule has 0 aromatic carbocycles. The number of hydrogen-bond acceptors (Lipinski definition) is 3. The van der Waals surface area contributed by atoms with Crippen molar-refractivity contribution < 1.29 is 14.3 Å². The minimum Gasteiger partial charge on any atom is -0.381 e. The molecular weight excluding hydrogens is 204 g/mol. The number of carbonyl (C=O) groups is 1. The van der Waals surface area contributed by atoms with E-state index in [9.17, 15) is 4.79 Å². The molecule has 2 aliphatic heterocycles. The number of Topliss-reactive ketones (excluding diaryl/α,β-unsaturated/α-hetero) is 1. The highest BCUT2D eigenvalue weighted by Gasteiger charge is 2.40. The molecule has 0 amide bonds.